The maximum Gasteiger partial charge on any atom is 0.414 e. The molecule has 9 heteroatoms. The van der Waals surface area contributed by atoms with Crippen LogP contribution in [0.4, 0.5) is 20.8 Å². The number of methoxy groups -OCH3 is 1. The van der Waals surface area contributed by atoms with E-state index in [-0.39, 0.29) is 23.6 Å². The largest absolute Gasteiger partial charge is 0.469 e. The van der Waals surface area contributed by atoms with E-state index in [1.165, 1.54) is 12.0 Å². The highest BCUT2D eigenvalue weighted by Gasteiger charge is 2.28. The van der Waals surface area contributed by atoms with E-state index in [0.717, 1.165) is 31.9 Å². The minimum Gasteiger partial charge on any atom is -0.469 e. The van der Waals surface area contributed by atoms with E-state index in [1.54, 1.807) is 24.3 Å². The minimum atomic E-state index is -0.556. The standard InChI is InChI=1S/C22H25FN4O4/c1-30-20(28)15-6-2-7-16(11-15)25-21-24-13-18(23)19(26-21)14-5-3-8-17(12-14)27-9-4-10-31-22(27)29/h3,5,8,12-13,15-16H,2,4,6-7,9-11H2,1H3,(H,24,25,26)/t15-,16+/m0/s1. The van der Waals surface area contributed by atoms with Gasteiger partial charge in [-0.25, -0.2) is 19.2 Å². The topological polar surface area (TPSA) is 93.6 Å². The Morgan fingerprint density at radius 2 is 2.19 bits per heavy atom. The van der Waals surface area contributed by atoms with Crippen LogP contribution in [0.15, 0.2) is 30.5 Å². The molecular formula is C22H25FN4O4. The van der Waals surface area contributed by atoms with E-state index in [1.807, 2.05) is 0 Å². The van der Waals surface area contributed by atoms with Gasteiger partial charge in [-0.1, -0.05) is 18.6 Å². The molecule has 1 aromatic heterocycles. The molecule has 2 fully saturated rings. The van der Waals surface area contributed by atoms with Gasteiger partial charge in [-0.2, -0.15) is 0 Å². The van der Waals surface area contributed by atoms with Crippen molar-refractivity contribution >= 4 is 23.7 Å². The van der Waals surface area contributed by atoms with Crippen LogP contribution in [0.2, 0.25) is 0 Å². The number of nitrogens with one attached hydrogen (secondary N) is 1. The van der Waals surface area contributed by atoms with Crippen molar-refractivity contribution in [2.75, 3.05) is 30.5 Å². The molecule has 2 heterocycles. The van der Waals surface area contributed by atoms with Crippen molar-refractivity contribution in [3.05, 3.63) is 36.3 Å². The molecule has 164 valence electrons. The number of carbonyl (C=O) groups is 2. The fraction of sp³-hybridized carbons (Fsp3) is 0.455. The zero-order valence-electron chi connectivity index (χ0n) is 17.3. The van der Waals surface area contributed by atoms with Gasteiger partial charge >= 0.3 is 12.1 Å². The molecule has 1 amide bonds. The summed E-state index contributed by atoms with van der Waals surface area (Å²) >= 11 is 0. The average Bonchev–Trinajstić information content (AvgIpc) is 2.80. The second-order valence-corrected chi connectivity index (χ2v) is 7.79. The van der Waals surface area contributed by atoms with E-state index >= 15 is 0 Å². The van der Waals surface area contributed by atoms with Crippen LogP contribution in [0.1, 0.15) is 32.1 Å². The van der Waals surface area contributed by atoms with Crippen LogP contribution in [0.25, 0.3) is 11.3 Å². The Hall–Kier alpha value is -3.23. The maximum atomic E-state index is 14.6. The van der Waals surface area contributed by atoms with Crippen LogP contribution in [0.3, 0.4) is 0 Å². The number of amides is 1. The first-order valence-electron chi connectivity index (χ1n) is 10.5. The van der Waals surface area contributed by atoms with Gasteiger partial charge in [0.1, 0.15) is 5.69 Å². The number of carbonyl (C=O) groups excluding carboxylic acids is 2. The van der Waals surface area contributed by atoms with Crippen molar-refractivity contribution in [3.63, 3.8) is 0 Å². The molecule has 8 nitrogen and oxygen atoms in total. The molecular weight excluding hydrogens is 403 g/mol. The van der Waals surface area contributed by atoms with Crippen molar-refractivity contribution in [1.29, 1.82) is 0 Å². The molecule has 2 aliphatic rings. The number of nitrogens with zero attached hydrogens (tertiary/aromatic N) is 3. The van der Waals surface area contributed by atoms with Gasteiger partial charge in [0.2, 0.25) is 5.95 Å². The summed E-state index contributed by atoms with van der Waals surface area (Å²) in [5.41, 5.74) is 1.31. The van der Waals surface area contributed by atoms with Crippen LogP contribution in [-0.2, 0) is 14.3 Å². The van der Waals surface area contributed by atoms with Gasteiger partial charge in [0.15, 0.2) is 5.82 Å². The lowest BCUT2D eigenvalue weighted by Gasteiger charge is -2.28. The molecule has 1 saturated heterocycles. The molecule has 2 aromatic rings. The predicted octanol–water partition coefficient (Wildman–Crippen LogP) is 3.77. The fourth-order valence-electron chi connectivity index (χ4n) is 4.13. The van der Waals surface area contributed by atoms with E-state index < -0.39 is 11.9 Å². The minimum absolute atomic E-state index is 0.00520. The summed E-state index contributed by atoms with van der Waals surface area (Å²) in [6.45, 7) is 0.951. The first-order valence-corrected chi connectivity index (χ1v) is 10.5. The average molecular weight is 428 g/mol. The Morgan fingerprint density at radius 3 is 3.00 bits per heavy atom. The van der Waals surface area contributed by atoms with Crippen molar-refractivity contribution in [2.24, 2.45) is 5.92 Å². The number of rotatable bonds is 5. The third-order valence-electron chi connectivity index (χ3n) is 5.69. The molecule has 0 bridgehead atoms. The molecule has 1 saturated carbocycles. The first-order chi connectivity index (χ1) is 15.0. The SMILES string of the molecule is COC(=O)[C@H]1CCC[C@@H](Nc2ncc(F)c(-c3cccc(N4CCCOC4=O)c3)n2)C1. The number of halogens is 1. The number of aromatic nitrogens is 2. The zero-order valence-corrected chi connectivity index (χ0v) is 17.3. The highest BCUT2D eigenvalue weighted by Crippen LogP contribution is 2.29. The highest BCUT2D eigenvalue weighted by atomic mass is 19.1. The van der Waals surface area contributed by atoms with Crippen LogP contribution in [-0.4, -0.2) is 48.3 Å². The number of anilines is 2. The summed E-state index contributed by atoms with van der Waals surface area (Å²) in [6, 6.07) is 7.00. The summed E-state index contributed by atoms with van der Waals surface area (Å²) in [5, 5.41) is 3.23. The Kier molecular flexibility index (Phi) is 6.29. The molecule has 2 atom stereocenters. The second kappa shape index (κ2) is 9.28. The Labute approximate surface area is 179 Å². The van der Waals surface area contributed by atoms with Crippen LogP contribution in [0.5, 0.6) is 0 Å². The van der Waals surface area contributed by atoms with Gasteiger partial charge in [-0.15, -0.1) is 0 Å². The number of cyclic esters (lactones) is 1. The quantitative estimate of drug-likeness (QED) is 0.725. The smallest absolute Gasteiger partial charge is 0.414 e. The second-order valence-electron chi connectivity index (χ2n) is 7.79. The molecule has 1 aromatic carbocycles. The molecule has 0 spiro atoms. The number of ether oxygens (including phenoxy) is 2. The summed E-state index contributed by atoms with van der Waals surface area (Å²) in [6.07, 6.45) is 4.63. The fourth-order valence-corrected chi connectivity index (χ4v) is 4.13. The van der Waals surface area contributed by atoms with Gasteiger partial charge in [0.05, 0.1) is 25.8 Å². The molecule has 0 unspecified atom stereocenters. The Morgan fingerprint density at radius 1 is 1.32 bits per heavy atom. The van der Waals surface area contributed by atoms with Gasteiger partial charge in [0.25, 0.3) is 0 Å². The molecule has 1 aliphatic carbocycles. The Balaban J connectivity index is 1.54. The number of hydrogen-bond donors (Lipinski definition) is 1. The summed E-state index contributed by atoms with van der Waals surface area (Å²) in [4.78, 5) is 33.9. The van der Waals surface area contributed by atoms with Gasteiger partial charge in [0, 0.05) is 23.8 Å². The Bertz CT molecular complexity index is 970. The zero-order chi connectivity index (χ0) is 21.8. The van der Waals surface area contributed by atoms with E-state index in [0.29, 0.717) is 36.8 Å². The first kappa shape index (κ1) is 21.0. The lowest BCUT2D eigenvalue weighted by molar-refractivity contribution is -0.146. The molecule has 4 rings (SSSR count). The third-order valence-corrected chi connectivity index (χ3v) is 5.69. The maximum absolute atomic E-state index is 14.6. The van der Waals surface area contributed by atoms with Crippen LogP contribution < -0.4 is 10.2 Å². The lowest BCUT2D eigenvalue weighted by Crippen LogP contribution is -2.37. The molecule has 1 aliphatic heterocycles. The number of hydrogen-bond acceptors (Lipinski definition) is 7. The normalized spacial score (nSPS) is 21.4. The molecule has 0 radical (unpaired) electrons. The molecule has 31 heavy (non-hydrogen) atoms. The van der Waals surface area contributed by atoms with Crippen molar-refractivity contribution < 1.29 is 23.5 Å². The summed E-state index contributed by atoms with van der Waals surface area (Å²) < 4.78 is 24.5. The predicted molar refractivity (Wildman–Crippen MR) is 112 cm³/mol. The van der Waals surface area contributed by atoms with Crippen LogP contribution in [0, 0.1) is 11.7 Å². The summed E-state index contributed by atoms with van der Waals surface area (Å²) in [5.74, 6) is -0.618. The van der Waals surface area contributed by atoms with Crippen molar-refractivity contribution in [3.8, 4) is 11.3 Å². The summed E-state index contributed by atoms with van der Waals surface area (Å²) in [7, 11) is 1.40. The van der Waals surface area contributed by atoms with E-state index in [9.17, 15) is 14.0 Å². The third kappa shape index (κ3) is 4.76. The highest BCUT2D eigenvalue weighted by molar-refractivity contribution is 5.89. The van der Waals surface area contributed by atoms with E-state index in [2.05, 4.69) is 15.3 Å². The van der Waals surface area contributed by atoms with Gasteiger partial charge in [-0.05, 0) is 37.8 Å². The van der Waals surface area contributed by atoms with Gasteiger partial charge in [-0.3, -0.25) is 9.69 Å². The number of benzene rings is 1. The lowest BCUT2D eigenvalue weighted by atomic mass is 9.86. The van der Waals surface area contributed by atoms with Crippen molar-refractivity contribution in [2.45, 2.75) is 38.1 Å². The van der Waals surface area contributed by atoms with Gasteiger partial charge < -0.3 is 14.8 Å². The number of esters is 1. The van der Waals surface area contributed by atoms with Crippen LogP contribution >= 0.6 is 0 Å². The van der Waals surface area contributed by atoms with E-state index in [4.69, 9.17) is 9.47 Å². The monoisotopic (exact) mass is 428 g/mol. The van der Waals surface area contributed by atoms with Crippen molar-refractivity contribution in [1.82, 2.24) is 9.97 Å². The molecule has 1 N–H and O–H groups in total.